The van der Waals surface area contributed by atoms with E-state index in [-0.39, 0.29) is 0 Å². The van der Waals surface area contributed by atoms with Gasteiger partial charge in [0, 0.05) is 18.4 Å². The van der Waals surface area contributed by atoms with Crippen LogP contribution in [0.4, 0.5) is 0 Å². The molecule has 2 rings (SSSR count). The molecule has 0 unspecified atom stereocenters. The highest BCUT2D eigenvalue weighted by atomic mass is 35.5. The van der Waals surface area contributed by atoms with Crippen molar-refractivity contribution in [2.75, 3.05) is 13.0 Å². The summed E-state index contributed by atoms with van der Waals surface area (Å²) < 4.78 is 6.86. The molecule has 7 heteroatoms. The molecule has 20 heavy (non-hydrogen) atoms. The van der Waals surface area contributed by atoms with E-state index in [1.54, 1.807) is 30.5 Å². The normalized spacial score (nSPS) is 11.8. The quantitative estimate of drug-likeness (QED) is 0.846. The fourth-order valence-electron chi connectivity index (χ4n) is 2.05. The molecule has 0 spiro atoms. The Bertz CT molecular complexity index is 651. The number of carbonyl (C=O) groups is 1. The van der Waals surface area contributed by atoms with Crippen molar-refractivity contribution >= 4 is 28.7 Å². The highest BCUT2D eigenvalue weighted by molar-refractivity contribution is 6.17. The molecule has 0 saturated carbocycles. The first kappa shape index (κ1) is 14.6. The lowest BCUT2D eigenvalue weighted by Crippen LogP contribution is -2.42. The van der Waals surface area contributed by atoms with E-state index in [2.05, 4.69) is 9.97 Å². The number of nitrogens with zero attached hydrogens (tertiary/aromatic N) is 3. The molecule has 108 valence electrons. The molecule has 0 bridgehead atoms. The number of methoxy groups -OCH3 is 1. The van der Waals surface area contributed by atoms with E-state index in [1.165, 1.54) is 7.11 Å². The minimum absolute atomic E-state index is 0.398. The molecule has 2 heterocycles. The maximum Gasteiger partial charge on any atom is 0.243 e. The van der Waals surface area contributed by atoms with E-state index in [0.717, 1.165) is 0 Å². The molecule has 2 aromatic heterocycles. The number of nitrogens with two attached hydrogens (primary N) is 1. The summed E-state index contributed by atoms with van der Waals surface area (Å²) in [6.45, 7) is 3.46. The Morgan fingerprint density at radius 3 is 2.70 bits per heavy atom. The van der Waals surface area contributed by atoms with E-state index in [4.69, 9.17) is 22.1 Å². The van der Waals surface area contributed by atoms with Gasteiger partial charge in [0.05, 0.1) is 7.11 Å². The number of hydrogen-bond donors (Lipinski definition) is 1. The number of aromatic nitrogens is 3. The predicted octanol–water partition coefficient (Wildman–Crippen LogP) is 1.44. The first-order valence-corrected chi connectivity index (χ1v) is 6.74. The molecule has 0 aliphatic carbocycles. The standard InChI is InChI=1S/C13H17ClN4O2/c1-13(2,12(15)19)18-9(6-7-14)16-8-4-5-10(20-3)17-11(8)18/h4-5H,6-7H2,1-3H3,(H2,15,19). The van der Waals surface area contributed by atoms with Gasteiger partial charge in [0.25, 0.3) is 0 Å². The van der Waals surface area contributed by atoms with E-state index in [9.17, 15) is 4.79 Å². The minimum Gasteiger partial charge on any atom is -0.481 e. The second-order valence-electron chi connectivity index (χ2n) is 4.92. The third kappa shape index (κ3) is 2.31. The lowest BCUT2D eigenvalue weighted by atomic mass is 10.0. The number of aryl methyl sites for hydroxylation is 1. The van der Waals surface area contributed by atoms with Crippen molar-refractivity contribution in [3.8, 4) is 5.88 Å². The zero-order chi connectivity index (χ0) is 14.9. The number of alkyl halides is 1. The van der Waals surface area contributed by atoms with Gasteiger partial charge in [0.2, 0.25) is 11.8 Å². The minimum atomic E-state index is -0.949. The van der Waals surface area contributed by atoms with Gasteiger partial charge in [0.1, 0.15) is 16.9 Å². The summed E-state index contributed by atoms with van der Waals surface area (Å²) in [5, 5.41) is 0. The van der Waals surface area contributed by atoms with Crippen LogP contribution in [0.15, 0.2) is 12.1 Å². The summed E-state index contributed by atoms with van der Waals surface area (Å²) in [6.07, 6.45) is 0.525. The molecule has 0 radical (unpaired) electrons. The van der Waals surface area contributed by atoms with Crippen molar-refractivity contribution < 1.29 is 9.53 Å². The van der Waals surface area contributed by atoms with Gasteiger partial charge in [0.15, 0.2) is 5.65 Å². The van der Waals surface area contributed by atoms with Crippen LogP contribution in [0.3, 0.4) is 0 Å². The van der Waals surface area contributed by atoms with E-state index >= 15 is 0 Å². The van der Waals surface area contributed by atoms with Crippen LogP contribution >= 0.6 is 11.6 Å². The Balaban J connectivity index is 2.75. The molecule has 6 nitrogen and oxygen atoms in total. The number of amides is 1. The van der Waals surface area contributed by atoms with E-state index in [1.807, 2.05) is 0 Å². The average Bonchev–Trinajstić information content (AvgIpc) is 2.76. The predicted molar refractivity (Wildman–Crippen MR) is 77.0 cm³/mol. The zero-order valence-corrected chi connectivity index (χ0v) is 12.4. The first-order valence-electron chi connectivity index (χ1n) is 6.20. The molecule has 0 atom stereocenters. The number of halogens is 1. The third-order valence-electron chi connectivity index (χ3n) is 3.24. The molecule has 0 fully saturated rings. The van der Waals surface area contributed by atoms with Crippen molar-refractivity contribution in [3.05, 3.63) is 18.0 Å². The Kier molecular flexibility index (Phi) is 3.85. The van der Waals surface area contributed by atoms with E-state index in [0.29, 0.717) is 35.2 Å². The number of imidazole rings is 1. The average molecular weight is 297 g/mol. The van der Waals surface area contributed by atoms with Crippen LogP contribution in [0.2, 0.25) is 0 Å². The van der Waals surface area contributed by atoms with Crippen LogP contribution in [0.5, 0.6) is 5.88 Å². The van der Waals surface area contributed by atoms with Gasteiger partial charge in [-0.05, 0) is 19.9 Å². The summed E-state index contributed by atoms with van der Waals surface area (Å²) in [4.78, 5) is 20.6. The topological polar surface area (TPSA) is 83.0 Å². The molecule has 1 amide bonds. The fourth-order valence-corrected chi connectivity index (χ4v) is 2.22. The molecule has 2 aromatic rings. The van der Waals surface area contributed by atoms with Gasteiger partial charge >= 0.3 is 0 Å². The lowest BCUT2D eigenvalue weighted by molar-refractivity contribution is -0.125. The van der Waals surface area contributed by atoms with Crippen molar-refractivity contribution in [2.45, 2.75) is 25.8 Å². The zero-order valence-electron chi connectivity index (χ0n) is 11.7. The van der Waals surface area contributed by atoms with Crippen LogP contribution in [0, 0.1) is 0 Å². The van der Waals surface area contributed by atoms with Gasteiger partial charge < -0.3 is 10.5 Å². The second-order valence-corrected chi connectivity index (χ2v) is 5.30. The summed E-state index contributed by atoms with van der Waals surface area (Å²) in [6, 6.07) is 3.52. The largest absolute Gasteiger partial charge is 0.481 e. The first-order chi connectivity index (χ1) is 9.41. The molecule has 0 aliphatic rings. The van der Waals surface area contributed by atoms with Gasteiger partial charge in [-0.1, -0.05) is 0 Å². The number of hydrogen-bond acceptors (Lipinski definition) is 4. The Morgan fingerprint density at radius 1 is 1.45 bits per heavy atom. The summed E-state index contributed by atoms with van der Waals surface area (Å²) in [5.74, 6) is 1.07. The van der Waals surface area contributed by atoms with Gasteiger partial charge in [-0.3, -0.25) is 9.36 Å². The maximum absolute atomic E-state index is 11.8. The molecule has 0 saturated heterocycles. The van der Waals surface area contributed by atoms with Crippen LogP contribution < -0.4 is 10.5 Å². The van der Waals surface area contributed by atoms with Crippen molar-refractivity contribution in [2.24, 2.45) is 5.73 Å². The Hall–Kier alpha value is -1.82. The molecule has 0 aromatic carbocycles. The van der Waals surface area contributed by atoms with Gasteiger partial charge in [-0.15, -0.1) is 11.6 Å². The number of carbonyl (C=O) groups excluding carboxylic acids is 1. The molecule has 0 aliphatic heterocycles. The van der Waals surface area contributed by atoms with E-state index < -0.39 is 11.4 Å². The molecular formula is C13H17ClN4O2. The number of primary amides is 1. The van der Waals surface area contributed by atoms with Crippen molar-refractivity contribution in [3.63, 3.8) is 0 Å². The Morgan fingerprint density at radius 2 is 2.15 bits per heavy atom. The number of fused-ring (bicyclic) bond motifs is 1. The van der Waals surface area contributed by atoms with Crippen molar-refractivity contribution in [1.29, 1.82) is 0 Å². The summed E-state index contributed by atoms with van der Waals surface area (Å²) in [7, 11) is 1.54. The van der Waals surface area contributed by atoms with Crippen molar-refractivity contribution in [1.82, 2.24) is 14.5 Å². The van der Waals surface area contributed by atoms with Crippen LogP contribution in [-0.2, 0) is 16.8 Å². The summed E-state index contributed by atoms with van der Waals surface area (Å²) >= 11 is 5.81. The smallest absolute Gasteiger partial charge is 0.243 e. The number of ether oxygens (including phenoxy) is 1. The second kappa shape index (κ2) is 5.28. The monoisotopic (exact) mass is 296 g/mol. The SMILES string of the molecule is COc1ccc2nc(CCCl)n(C(C)(C)C(N)=O)c2n1. The Labute approximate surface area is 121 Å². The number of rotatable bonds is 5. The highest BCUT2D eigenvalue weighted by Crippen LogP contribution is 2.26. The number of pyridine rings is 1. The highest BCUT2D eigenvalue weighted by Gasteiger charge is 2.32. The molecule has 2 N–H and O–H groups in total. The maximum atomic E-state index is 11.8. The van der Waals surface area contributed by atoms with Gasteiger partial charge in [-0.25, -0.2) is 4.98 Å². The lowest BCUT2D eigenvalue weighted by Gasteiger charge is -2.25. The van der Waals surface area contributed by atoms with Gasteiger partial charge in [-0.2, -0.15) is 4.98 Å². The van der Waals surface area contributed by atoms with Crippen LogP contribution in [0.1, 0.15) is 19.7 Å². The summed E-state index contributed by atoms with van der Waals surface area (Å²) in [5.41, 5.74) is 5.80. The van der Waals surface area contributed by atoms with Crippen LogP contribution in [0.25, 0.3) is 11.2 Å². The van der Waals surface area contributed by atoms with Crippen LogP contribution in [-0.4, -0.2) is 33.4 Å². The molecular weight excluding hydrogens is 280 g/mol. The third-order valence-corrected chi connectivity index (χ3v) is 3.43. The fraction of sp³-hybridized carbons (Fsp3) is 0.462.